The quantitative estimate of drug-likeness (QED) is 0.420. The van der Waals surface area contributed by atoms with Crippen LogP contribution in [0.15, 0.2) is 17.7 Å². The Morgan fingerprint density at radius 3 is 2.44 bits per heavy atom. The van der Waals surface area contributed by atoms with Crippen molar-refractivity contribution in [1.29, 1.82) is 5.26 Å². The van der Waals surface area contributed by atoms with Crippen molar-refractivity contribution in [2.45, 2.75) is 6.92 Å². The van der Waals surface area contributed by atoms with Crippen LogP contribution in [0.1, 0.15) is 12.5 Å². The Morgan fingerprint density at radius 1 is 1.50 bits per heavy atom. The molecule has 0 saturated carbocycles. The van der Waals surface area contributed by atoms with Crippen molar-refractivity contribution in [1.82, 2.24) is 0 Å². The fraction of sp³-hybridized carbons (Fsp3) is 0.167. The van der Waals surface area contributed by atoms with Gasteiger partial charge >= 0.3 is 0 Å². The van der Waals surface area contributed by atoms with Crippen molar-refractivity contribution in [3.05, 3.63) is 30.4 Å². The highest BCUT2D eigenvalue weighted by molar-refractivity contribution is 14.1. The number of benzene rings is 1. The van der Waals surface area contributed by atoms with Crippen LogP contribution in [0.3, 0.4) is 0 Å². The average molecular weight is 468 g/mol. The van der Waals surface area contributed by atoms with E-state index in [4.69, 9.17) is 15.7 Å². The maximum absolute atomic E-state index is 11.0. The van der Waals surface area contributed by atoms with E-state index < -0.39 is 5.91 Å². The molecule has 0 aliphatic carbocycles. The van der Waals surface area contributed by atoms with Gasteiger partial charge in [0.2, 0.25) is 0 Å². The van der Waals surface area contributed by atoms with Crippen LogP contribution in [0.25, 0.3) is 6.08 Å². The van der Waals surface area contributed by atoms with Gasteiger partial charge in [-0.2, -0.15) is 5.26 Å². The Morgan fingerprint density at radius 2 is 2.06 bits per heavy atom. The fourth-order valence-electron chi connectivity index (χ4n) is 1.27. The topological polar surface area (TPSA) is 76.1 Å². The minimum atomic E-state index is -0.726. The number of ether oxygens (including phenoxy) is 1. The largest absolute Gasteiger partial charge is 0.492 e. The van der Waals surface area contributed by atoms with Gasteiger partial charge in [-0.1, -0.05) is 0 Å². The van der Waals surface area contributed by atoms with Gasteiger partial charge in [0.25, 0.3) is 5.91 Å². The summed E-state index contributed by atoms with van der Waals surface area (Å²) < 4.78 is 7.36. The molecule has 1 aromatic carbocycles. The predicted octanol–water partition coefficient (Wildman–Crippen LogP) is 2.69. The van der Waals surface area contributed by atoms with E-state index in [0.717, 1.165) is 18.5 Å². The zero-order valence-corrected chi connectivity index (χ0v) is 13.9. The zero-order chi connectivity index (χ0) is 13.7. The number of hydrogen-bond donors (Lipinski definition) is 1. The number of halogens is 2. The summed E-state index contributed by atoms with van der Waals surface area (Å²) in [6, 6.07) is 5.46. The van der Waals surface area contributed by atoms with Crippen LogP contribution < -0.4 is 10.5 Å². The molecule has 1 aromatic rings. The smallest absolute Gasteiger partial charge is 0.259 e. The molecule has 94 valence electrons. The molecular formula is C12H10I2N2O2. The van der Waals surface area contributed by atoms with Gasteiger partial charge in [-0.15, -0.1) is 0 Å². The van der Waals surface area contributed by atoms with E-state index in [-0.39, 0.29) is 5.57 Å². The second-order valence-corrected chi connectivity index (χ2v) is 5.61. The molecule has 0 saturated heterocycles. The Labute approximate surface area is 132 Å². The van der Waals surface area contributed by atoms with Crippen molar-refractivity contribution in [3.63, 3.8) is 0 Å². The van der Waals surface area contributed by atoms with Crippen LogP contribution in [-0.2, 0) is 4.79 Å². The number of carbonyl (C=O) groups is 1. The average Bonchev–Trinajstić information content (AvgIpc) is 2.30. The molecule has 4 nitrogen and oxygen atoms in total. The number of carbonyl (C=O) groups excluding carboxylic acids is 1. The van der Waals surface area contributed by atoms with Crippen molar-refractivity contribution < 1.29 is 9.53 Å². The first kappa shape index (κ1) is 15.2. The number of amides is 1. The van der Waals surface area contributed by atoms with Crippen molar-refractivity contribution in [2.75, 3.05) is 6.61 Å². The van der Waals surface area contributed by atoms with Gasteiger partial charge in [-0.3, -0.25) is 4.79 Å². The normalized spacial score (nSPS) is 10.9. The summed E-state index contributed by atoms with van der Waals surface area (Å²) in [6.45, 7) is 2.51. The summed E-state index contributed by atoms with van der Waals surface area (Å²) in [4.78, 5) is 11.0. The Balaban J connectivity index is 3.22. The highest BCUT2D eigenvalue weighted by Crippen LogP contribution is 2.29. The number of nitrogens with two attached hydrogens (primary N) is 1. The maximum Gasteiger partial charge on any atom is 0.259 e. The summed E-state index contributed by atoms with van der Waals surface area (Å²) in [7, 11) is 0. The van der Waals surface area contributed by atoms with Gasteiger partial charge in [-0.05, 0) is 75.9 Å². The molecule has 18 heavy (non-hydrogen) atoms. The molecule has 0 heterocycles. The van der Waals surface area contributed by atoms with E-state index in [0.29, 0.717) is 6.61 Å². The minimum absolute atomic E-state index is 0.0641. The lowest BCUT2D eigenvalue weighted by Crippen LogP contribution is -2.12. The Hall–Kier alpha value is -0.820. The van der Waals surface area contributed by atoms with Gasteiger partial charge in [0.1, 0.15) is 17.4 Å². The van der Waals surface area contributed by atoms with Crippen LogP contribution in [0.4, 0.5) is 0 Å². The maximum atomic E-state index is 11.0. The summed E-state index contributed by atoms with van der Waals surface area (Å²) in [5.74, 6) is 0.0878. The third kappa shape index (κ3) is 3.84. The molecular weight excluding hydrogens is 458 g/mol. The second kappa shape index (κ2) is 6.94. The molecule has 6 heteroatoms. The van der Waals surface area contributed by atoms with Crippen molar-refractivity contribution in [2.24, 2.45) is 5.73 Å². The standard InChI is InChI=1S/C12H10I2N2O2/c1-2-18-11-9(13)4-7(5-10(11)14)3-8(6-15)12(16)17/h3-5H,2H2,1H3,(H2,16,17)/b8-3+. The number of nitriles is 1. The van der Waals surface area contributed by atoms with E-state index in [2.05, 4.69) is 45.2 Å². The third-order valence-electron chi connectivity index (χ3n) is 2.01. The SMILES string of the molecule is CCOc1c(I)cc(/C=C(\C#N)C(N)=O)cc1I. The molecule has 0 radical (unpaired) electrons. The van der Waals surface area contributed by atoms with Crippen LogP contribution in [-0.4, -0.2) is 12.5 Å². The summed E-state index contributed by atoms with van der Waals surface area (Å²) >= 11 is 4.31. The molecule has 0 unspecified atom stereocenters. The Kier molecular flexibility index (Phi) is 5.87. The molecule has 0 aromatic heterocycles. The molecule has 0 fully saturated rings. The fourth-order valence-corrected chi connectivity index (χ4v) is 3.40. The highest BCUT2D eigenvalue weighted by Gasteiger charge is 2.09. The molecule has 1 rings (SSSR count). The third-order valence-corrected chi connectivity index (χ3v) is 3.61. The monoisotopic (exact) mass is 468 g/mol. The molecule has 0 atom stereocenters. The summed E-state index contributed by atoms with van der Waals surface area (Å²) in [5.41, 5.74) is 5.78. The lowest BCUT2D eigenvalue weighted by Gasteiger charge is -2.09. The van der Waals surface area contributed by atoms with Gasteiger partial charge in [-0.25, -0.2) is 0 Å². The lowest BCUT2D eigenvalue weighted by molar-refractivity contribution is -0.114. The van der Waals surface area contributed by atoms with Crippen LogP contribution in [0.2, 0.25) is 0 Å². The first-order valence-corrected chi connectivity index (χ1v) is 7.18. The molecule has 1 amide bonds. The molecule has 0 bridgehead atoms. The number of hydrogen-bond acceptors (Lipinski definition) is 3. The van der Waals surface area contributed by atoms with Gasteiger partial charge in [0.15, 0.2) is 0 Å². The van der Waals surface area contributed by atoms with E-state index >= 15 is 0 Å². The second-order valence-electron chi connectivity index (χ2n) is 3.28. The van der Waals surface area contributed by atoms with E-state index in [1.165, 1.54) is 6.08 Å². The summed E-state index contributed by atoms with van der Waals surface area (Å²) in [6.07, 6.45) is 1.47. The van der Waals surface area contributed by atoms with Gasteiger partial charge < -0.3 is 10.5 Å². The first-order valence-electron chi connectivity index (χ1n) is 5.03. The van der Waals surface area contributed by atoms with Crippen LogP contribution in [0, 0.1) is 18.5 Å². The minimum Gasteiger partial charge on any atom is -0.492 e. The number of rotatable bonds is 4. The Bertz CT molecular complexity index is 524. The van der Waals surface area contributed by atoms with Crippen LogP contribution in [0.5, 0.6) is 5.75 Å². The van der Waals surface area contributed by atoms with Gasteiger partial charge in [0, 0.05) is 0 Å². The van der Waals surface area contributed by atoms with E-state index in [1.54, 1.807) is 6.07 Å². The summed E-state index contributed by atoms with van der Waals surface area (Å²) in [5, 5.41) is 8.79. The molecule has 0 spiro atoms. The predicted molar refractivity (Wildman–Crippen MR) is 85.8 cm³/mol. The highest BCUT2D eigenvalue weighted by atomic mass is 127. The van der Waals surface area contributed by atoms with Crippen LogP contribution >= 0.6 is 45.2 Å². The van der Waals surface area contributed by atoms with Crippen molar-refractivity contribution >= 4 is 57.2 Å². The van der Waals surface area contributed by atoms with E-state index in [1.807, 2.05) is 19.1 Å². The number of nitrogens with zero attached hydrogens (tertiary/aromatic N) is 1. The zero-order valence-electron chi connectivity index (χ0n) is 9.54. The van der Waals surface area contributed by atoms with E-state index in [9.17, 15) is 4.79 Å². The van der Waals surface area contributed by atoms with Crippen molar-refractivity contribution in [3.8, 4) is 11.8 Å². The van der Waals surface area contributed by atoms with Gasteiger partial charge in [0.05, 0.1) is 13.7 Å². The molecule has 0 aliphatic heterocycles. The lowest BCUT2D eigenvalue weighted by atomic mass is 10.1. The first-order chi connectivity index (χ1) is 8.49. The number of primary amides is 1. The molecule has 2 N–H and O–H groups in total. The molecule has 0 aliphatic rings.